The lowest BCUT2D eigenvalue weighted by Gasteiger charge is -2.15. The lowest BCUT2D eigenvalue weighted by atomic mass is 10.1. The third-order valence-electron chi connectivity index (χ3n) is 6.00. The van der Waals surface area contributed by atoms with Gasteiger partial charge in [0.15, 0.2) is 11.5 Å². The molecule has 1 aliphatic rings. The number of H-pyrrole nitrogens is 1. The molecule has 0 radical (unpaired) electrons. The molecule has 2 heterocycles. The van der Waals surface area contributed by atoms with E-state index in [0.29, 0.717) is 29.4 Å². The highest BCUT2D eigenvalue weighted by atomic mass is 16.5. The Morgan fingerprint density at radius 1 is 1.06 bits per heavy atom. The average molecular weight is 481 g/mol. The van der Waals surface area contributed by atoms with E-state index in [1.807, 2.05) is 30.5 Å². The van der Waals surface area contributed by atoms with Crippen LogP contribution in [0.2, 0.25) is 0 Å². The number of nitrogens with zero attached hydrogens (tertiary/aromatic N) is 1. The van der Waals surface area contributed by atoms with Crippen LogP contribution in [0.1, 0.15) is 18.4 Å². The van der Waals surface area contributed by atoms with Crippen LogP contribution in [-0.2, 0) is 16.0 Å². The molecular formula is C25H28N4O6. The molecular weight excluding hydrogens is 452 g/mol. The summed E-state index contributed by atoms with van der Waals surface area (Å²) in [4.78, 5) is 42.1. The highest BCUT2D eigenvalue weighted by Crippen LogP contribution is 2.40. The van der Waals surface area contributed by atoms with E-state index in [4.69, 9.17) is 14.2 Å². The van der Waals surface area contributed by atoms with Crippen LogP contribution >= 0.6 is 0 Å². The van der Waals surface area contributed by atoms with Gasteiger partial charge in [0.25, 0.3) is 5.91 Å². The quantitative estimate of drug-likeness (QED) is 0.384. The molecule has 3 N–H and O–H groups in total. The minimum Gasteiger partial charge on any atom is -0.493 e. The van der Waals surface area contributed by atoms with E-state index in [-0.39, 0.29) is 31.2 Å². The van der Waals surface area contributed by atoms with Gasteiger partial charge in [-0.25, -0.2) is 4.79 Å². The Balaban J connectivity index is 1.32. The van der Waals surface area contributed by atoms with E-state index >= 15 is 0 Å². The van der Waals surface area contributed by atoms with Crippen molar-refractivity contribution in [3.8, 4) is 17.2 Å². The number of para-hydroxylation sites is 1. The van der Waals surface area contributed by atoms with Crippen molar-refractivity contribution in [3.05, 3.63) is 48.2 Å². The number of urea groups is 1. The number of carbonyl (C=O) groups excluding carboxylic acids is 3. The van der Waals surface area contributed by atoms with Gasteiger partial charge in [0.1, 0.15) is 6.04 Å². The smallest absolute Gasteiger partial charge is 0.324 e. The van der Waals surface area contributed by atoms with Gasteiger partial charge < -0.3 is 29.8 Å². The first kappa shape index (κ1) is 23.9. The maximum Gasteiger partial charge on any atom is 0.324 e. The predicted octanol–water partition coefficient (Wildman–Crippen LogP) is 3.08. The van der Waals surface area contributed by atoms with Crippen LogP contribution in [0.5, 0.6) is 17.2 Å². The Labute approximate surface area is 202 Å². The molecule has 1 aromatic heterocycles. The number of carbonyl (C=O) groups is 3. The second kappa shape index (κ2) is 10.4. The fraction of sp³-hybridized carbons (Fsp3) is 0.320. The molecule has 0 aliphatic carbocycles. The number of amides is 4. The minimum atomic E-state index is -0.740. The summed E-state index contributed by atoms with van der Waals surface area (Å²) in [5.41, 5.74) is 2.51. The van der Waals surface area contributed by atoms with Crippen LogP contribution in [0.15, 0.2) is 42.6 Å². The molecule has 184 valence electrons. The number of anilines is 1. The Morgan fingerprint density at radius 2 is 1.77 bits per heavy atom. The minimum absolute atomic E-state index is 0.0453. The summed E-state index contributed by atoms with van der Waals surface area (Å²) in [6.07, 6.45) is 2.67. The first-order valence-corrected chi connectivity index (χ1v) is 11.2. The van der Waals surface area contributed by atoms with Crippen molar-refractivity contribution in [2.45, 2.75) is 25.3 Å². The van der Waals surface area contributed by atoms with Gasteiger partial charge in [-0.2, -0.15) is 0 Å². The van der Waals surface area contributed by atoms with E-state index < -0.39 is 12.1 Å². The van der Waals surface area contributed by atoms with Gasteiger partial charge in [0.05, 0.1) is 21.3 Å². The summed E-state index contributed by atoms with van der Waals surface area (Å²) in [7, 11) is 4.47. The number of methoxy groups -OCH3 is 3. The molecule has 4 amide bonds. The van der Waals surface area contributed by atoms with E-state index in [9.17, 15) is 14.4 Å². The lowest BCUT2D eigenvalue weighted by molar-refractivity contribution is -0.127. The number of aromatic amines is 1. The maximum absolute atomic E-state index is 12.8. The summed E-state index contributed by atoms with van der Waals surface area (Å²) in [6.45, 7) is 0.265. The van der Waals surface area contributed by atoms with E-state index in [2.05, 4.69) is 15.6 Å². The molecule has 4 rings (SSSR count). The zero-order chi connectivity index (χ0) is 24.9. The molecule has 10 nitrogen and oxygen atoms in total. The molecule has 1 saturated heterocycles. The fourth-order valence-electron chi connectivity index (χ4n) is 4.21. The highest BCUT2D eigenvalue weighted by molar-refractivity contribution is 6.04. The first-order chi connectivity index (χ1) is 16.9. The van der Waals surface area contributed by atoms with E-state index in [1.165, 1.54) is 26.2 Å². The van der Waals surface area contributed by atoms with E-state index in [1.54, 1.807) is 12.1 Å². The van der Waals surface area contributed by atoms with Crippen LogP contribution < -0.4 is 24.8 Å². The van der Waals surface area contributed by atoms with Gasteiger partial charge in [-0.1, -0.05) is 18.2 Å². The number of nitrogens with one attached hydrogen (secondary N) is 3. The molecule has 0 unspecified atom stereocenters. The fourth-order valence-corrected chi connectivity index (χ4v) is 4.21. The van der Waals surface area contributed by atoms with Gasteiger partial charge >= 0.3 is 6.03 Å². The van der Waals surface area contributed by atoms with Crippen molar-refractivity contribution in [1.82, 2.24) is 15.2 Å². The Hall–Kier alpha value is -4.21. The second-order valence-corrected chi connectivity index (χ2v) is 8.10. The number of hydrogen-bond donors (Lipinski definition) is 3. The largest absolute Gasteiger partial charge is 0.493 e. The summed E-state index contributed by atoms with van der Waals surface area (Å²) in [6, 6.07) is 9.94. The van der Waals surface area contributed by atoms with Gasteiger partial charge in [0, 0.05) is 47.9 Å². The summed E-state index contributed by atoms with van der Waals surface area (Å²) in [5.74, 6) is 0.603. The van der Waals surface area contributed by atoms with Crippen molar-refractivity contribution < 1.29 is 28.6 Å². The van der Waals surface area contributed by atoms with Gasteiger partial charge in [-0.3, -0.25) is 14.5 Å². The summed E-state index contributed by atoms with van der Waals surface area (Å²) in [5, 5.41) is 6.52. The number of hydrogen-bond acceptors (Lipinski definition) is 6. The van der Waals surface area contributed by atoms with Gasteiger partial charge in [-0.15, -0.1) is 0 Å². The molecule has 10 heteroatoms. The Kier molecular flexibility index (Phi) is 7.09. The van der Waals surface area contributed by atoms with Crippen molar-refractivity contribution in [3.63, 3.8) is 0 Å². The van der Waals surface area contributed by atoms with Crippen molar-refractivity contribution >= 4 is 34.4 Å². The van der Waals surface area contributed by atoms with Crippen molar-refractivity contribution in [2.24, 2.45) is 0 Å². The molecule has 3 aromatic rings. The lowest BCUT2D eigenvalue weighted by Crippen LogP contribution is -2.33. The predicted molar refractivity (Wildman–Crippen MR) is 130 cm³/mol. The Morgan fingerprint density at radius 3 is 2.46 bits per heavy atom. The maximum atomic E-state index is 12.8. The standard InChI is InChI=1S/C25H28N4O6/c1-33-20-12-16(13-21(34-2)23(20)35-3)27-22(30)9-8-19-24(31)29(25(32)28-19)11-10-15-14-26-18-7-5-4-6-17(15)18/h4-7,12-14,19,26H,8-11H2,1-3H3,(H,27,30)(H,28,32)/t19-/m1/s1. The van der Waals surface area contributed by atoms with E-state index in [0.717, 1.165) is 16.5 Å². The van der Waals surface area contributed by atoms with Crippen LogP contribution in [0.25, 0.3) is 10.9 Å². The molecule has 0 spiro atoms. The third kappa shape index (κ3) is 5.01. The molecule has 0 bridgehead atoms. The zero-order valence-electron chi connectivity index (χ0n) is 19.8. The zero-order valence-corrected chi connectivity index (χ0v) is 19.8. The third-order valence-corrected chi connectivity index (χ3v) is 6.00. The molecule has 1 atom stereocenters. The highest BCUT2D eigenvalue weighted by Gasteiger charge is 2.37. The average Bonchev–Trinajstić information content (AvgIpc) is 3.40. The SMILES string of the molecule is COc1cc(NC(=O)CC[C@H]2NC(=O)N(CCc3c[nH]c4ccccc34)C2=O)cc(OC)c1OC. The topological polar surface area (TPSA) is 122 Å². The van der Waals surface area contributed by atoms with Gasteiger partial charge in [0.2, 0.25) is 11.7 Å². The second-order valence-electron chi connectivity index (χ2n) is 8.10. The molecule has 1 aliphatic heterocycles. The van der Waals surface area contributed by atoms with Crippen LogP contribution in [0, 0.1) is 0 Å². The van der Waals surface area contributed by atoms with Crippen LogP contribution in [0.3, 0.4) is 0 Å². The molecule has 0 saturated carbocycles. The number of benzene rings is 2. The molecule has 1 fully saturated rings. The molecule has 2 aromatic carbocycles. The van der Waals surface area contributed by atoms with Gasteiger partial charge in [-0.05, 0) is 24.5 Å². The molecule has 35 heavy (non-hydrogen) atoms. The van der Waals surface area contributed by atoms with Crippen molar-refractivity contribution in [2.75, 3.05) is 33.2 Å². The van der Waals surface area contributed by atoms with Crippen molar-refractivity contribution in [1.29, 1.82) is 0 Å². The number of ether oxygens (including phenoxy) is 3. The summed E-state index contributed by atoms with van der Waals surface area (Å²) >= 11 is 0. The Bertz CT molecular complexity index is 1230. The van der Waals surface area contributed by atoms with Crippen LogP contribution in [-0.4, -0.2) is 61.6 Å². The number of rotatable bonds is 10. The number of fused-ring (bicyclic) bond motifs is 1. The number of aromatic nitrogens is 1. The van der Waals surface area contributed by atoms with Crippen LogP contribution in [0.4, 0.5) is 10.5 Å². The normalized spacial score (nSPS) is 15.3. The number of imide groups is 1. The monoisotopic (exact) mass is 480 g/mol. The first-order valence-electron chi connectivity index (χ1n) is 11.2. The summed E-state index contributed by atoms with van der Waals surface area (Å²) < 4.78 is 15.9.